The van der Waals surface area contributed by atoms with Crippen molar-refractivity contribution in [1.29, 1.82) is 0 Å². The minimum Gasteiger partial charge on any atom is -0.324 e. The van der Waals surface area contributed by atoms with Gasteiger partial charge in [-0.1, -0.05) is 29.8 Å². The van der Waals surface area contributed by atoms with E-state index < -0.39 is 15.5 Å². The van der Waals surface area contributed by atoms with Crippen molar-refractivity contribution in [2.45, 2.75) is 11.3 Å². The number of benzene rings is 2. The van der Waals surface area contributed by atoms with Crippen molar-refractivity contribution >= 4 is 38.8 Å². The number of halogens is 2. The van der Waals surface area contributed by atoms with Crippen LogP contribution in [0.5, 0.6) is 0 Å². The van der Waals surface area contributed by atoms with Gasteiger partial charge in [0.25, 0.3) is 0 Å². The van der Waals surface area contributed by atoms with Gasteiger partial charge in [0.2, 0.25) is 5.95 Å². The van der Waals surface area contributed by atoms with Crippen LogP contribution in [0.15, 0.2) is 59.6 Å². The summed E-state index contributed by atoms with van der Waals surface area (Å²) in [6.45, 7) is 0. The Kier molecular flexibility index (Phi) is 5.22. The normalized spacial score (nSPS) is 13.2. The number of nitrogens with one attached hydrogen (secondary N) is 1. The molecule has 0 fully saturated rings. The Morgan fingerprint density at radius 1 is 1.19 bits per heavy atom. The third kappa shape index (κ3) is 4.37. The molecule has 0 amide bonds. The number of aromatic nitrogens is 2. The second-order valence-electron chi connectivity index (χ2n) is 5.63. The van der Waals surface area contributed by atoms with Gasteiger partial charge in [-0.25, -0.2) is 18.6 Å². The molecule has 2 aromatic carbocycles. The second-order valence-corrected chi connectivity index (χ2v) is 7.96. The highest BCUT2D eigenvalue weighted by molar-refractivity contribution is 7.98. The fourth-order valence-electron chi connectivity index (χ4n) is 2.31. The van der Waals surface area contributed by atoms with Crippen LogP contribution in [-0.2, 0) is 16.1 Å². The Morgan fingerprint density at radius 3 is 2.54 bits per heavy atom. The van der Waals surface area contributed by atoms with Crippen LogP contribution in [0.25, 0.3) is 0 Å². The average molecular weight is 391 g/mol. The van der Waals surface area contributed by atoms with E-state index in [-0.39, 0.29) is 18.1 Å². The van der Waals surface area contributed by atoms with Crippen LogP contribution < -0.4 is 10.5 Å². The van der Waals surface area contributed by atoms with Crippen molar-refractivity contribution in [3.63, 3.8) is 0 Å². The fourth-order valence-corrected chi connectivity index (χ4v) is 3.11. The summed E-state index contributed by atoms with van der Waals surface area (Å²) in [5, 5.41) is 9.03. The zero-order chi connectivity index (χ0) is 18.7. The molecule has 3 rings (SSSR count). The molecule has 0 aliphatic carbocycles. The highest BCUT2D eigenvalue weighted by Crippen LogP contribution is 2.21. The summed E-state index contributed by atoms with van der Waals surface area (Å²) < 4.78 is 25.8. The molecule has 134 valence electrons. The van der Waals surface area contributed by atoms with Gasteiger partial charge in [0.05, 0.1) is 21.6 Å². The number of nitrogens with two attached hydrogens (primary N) is 1. The zero-order valence-electron chi connectivity index (χ0n) is 13.7. The first-order valence-electron chi connectivity index (χ1n) is 7.60. The predicted octanol–water partition coefficient (Wildman–Crippen LogP) is 3.55. The van der Waals surface area contributed by atoms with Crippen molar-refractivity contribution in [2.24, 2.45) is 5.14 Å². The molecule has 0 bridgehead atoms. The molecular weight excluding hydrogens is 375 g/mol. The lowest BCUT2D eigenvalue weighted by Crippen LogP contribution is -2.11. The molecule has 1 unspecified atom stereocenters. The van der Waals surface area contributed by atoms with Gasteiger partial charge in [0.15, 0.2) is 5.82 Å². The van der Waals surface area contributed by atoms with Crippen molar-refractivity contribution in [1.82, 2.24) is 9.97 Å². The molecule has 0 aliphatic rings. The molecule has 0 spiro atoms. The molecule has 5 nitrogen and oxygen atoms in total. The van der Waals surface area contributed by atoms with Crippen molar-refractivity contribution < 1.29 is 8.60 Å². The standard InChI is InChI=1S/C18H16ClFN4OS/c1-26(21,25)14-8-6-13(7-9-14)23-18-22-11-16(20)17(24-18)10-12-4-2-3-5-15(12)19/h2-9,11H,1,10H2,(H2,21,25)(H,22,23,24). The van der Waals surface area contributed by atoms with E-state index in [1.165, 1.54) is 0 Å². The second kappa shape index (κ2) is 7.41. The Hall–Kier alpha value is -2.48. The van der Waals surface area contributed by atoms with Crippen molar-refractivity contribution in [2.75, 3.05) is 5.32 Å². The molecule has 1 aromatic heterocycles. The molecule has 3 N–H and O–H groups in total. The SMILES string of the molecule is C=S(N)(=O)c1ccc(Nc2ncc(F)c(Cc3ccccc3Cl)n2)cc1. The van der Waals surface area contributed by atoms with E-state index in [4.69, 9.17) is 16.7 Å². The summed E-state index contributed by atoms with van der Waals surface area (Å²) in [7, 11) is -2.76. The Bertz CT molecular complexity index is 1040. The Balaban J connectivity index is 1.82. The first kappa shape index (κ1) is 18.3. The van der Waals surface area contributed by atoms with Gasteiger partial charge in [-0.2, -0.15) is 0 Å². The molecule has 0 saturated heterocycles. The molecule has 1 heterocycles. The summed E-state index contributed by atoms with van der Waals surface area (Å²) >= 11 is 6.13. The minimum absolute atomic E-state index is 0.231. The highest BCUT2D eigenvalue weighted by atomic mass is 35.5. The van der Waals surface area contributed by atoms with E-state index in [2.05, 4.69) is 21.2 Å². The van der Waals surface area contributed by atoms with E-state index >= 15 is 0 Å². The molecular formula is C18H16ClFN4OS. The maximum absolute atomic E-state index is 14.1. The third-order valence-electron chi connectivity index (χ3n) is 3.64. The lowest BCUT2D eigenvalue weighted by molar-refractivity contribution is 0.597. The largest absolute Gasteiger partial charge is 0.324 e. The lowest BCUT2D eigenvalue weighted by Gasteiger charge is -2.09. The molecule has 3 aromatic rings. The van der Waals surface area contributed by atoms with Crippen molar-refractivity contribution in [3.8, 4) is 0 Å². The minimum atomic E-state index is -2.76. The summed E-state index contributed by atoms with van der Waals surface area (Å²) in [5.41, 5.74) is 1.65. The Morgan fingerprint density at radius 2 is 1.88 bits per heavy atom. The number of anilines is 2. The Labute approximate surface area is 156 Å². The molecule has 8 heteroatoms. The fraction of sp³-hybridized carbons (Fsp3) is 0.0556. The van der Waals surface area contributed by atoms with E-state index in [1.807, 2.05) is 18.2 Å². The summed E-state index contributed by atoms with van der Waals surface area (Å²) in [6.07, 6.45) is 1.36. The van der Waals surface area contributed by atoms with Gasteiger partial charge in [0.1, 0.15) is 0 Å². The summed E-state index contributed by atoms with van der Waals surface area (Å²) in [5.74, 6) is 3.16. The van der Waals surface area contributed by atoms with Gasteiger partial charge >= 0.3 is 0 Å². The zero-order valence-corrected chi connectivity index (χ0v) is 15.2. The van der Waals surface area contributed by atoms with E-state index in [1.54, 1.807) is 30.3 Å². The van der Waals surface area contributed by atoms with Crippen molar-refractivity contribution in [3.05, 3.63) is 76.8 Å². The first-order valence-corrected chi connectivity index (χ1v) is 9.76. The van der Waals surface area contributed by atoms with E-state index in [0.717, 1.165) is 11.8 Å². The smallest absolute Gasteiger partial charge is 0.227 e. The predicted molar refractivity (Wildman–Crippen MR) is 104 cm³/mol. The van der Waals surface area contributed by atoms with Gasteiger partial charge in [-0.05, 0) is 41.8 Å². The molecule has 26 heavy (non-hydrogen) atoms. The van der Waals surface area contributed by atoms with Crippen LogP contribution >= 0.6 is 11.6 Å². The summed E-state index contributed by atoms with van der Waals surface area (Å²) in [4.78, 5) is 8.60. The quantitative estimate of drug-likeness (QED) is 0.653. The lowest BCUT2D eigenvalue weighted by atomic mass is 10.1. The number of nitrogens with zero attached hydrogens (tertiary/aromatic N) is 2. The van der Waals surface area contributed by atoms with Gasteiger partial charge in [0, 0.05) is 22.0 Å². The maximum atomic E-state index is 14.1. The third-order valence-corrected chi connectivity index (χ3v) is 5.08. The first-order chi connectivity index (χ1) is 12.3. The van der Waals surface area contributed by atoms with E-state index in [0.29, 0.717) is 15.6 Å². The van der Waals surface area contributed by atoms with Crippen LogP contribution in [0.1, 0.15) is 11.3 Å². The maximum Gasteiger partial charge on any atom is 0.227 e. The van der Waals surface area contributed by atoms with Gasteiger partial charge < -0.3 is 5.32 Å². The monoisotopic (exact) mass is 390 g/mol. The average Bonchev–Trinajstić information content (AvgIpc) is 2.59. The number of hydrogen-bond acceptors (Lipinski definition) is 4. The van der Waals surface area contributed by atoms with Crippen LogP contribution in [0.2, 0.25) is 5.02 Å². The van der Waals surface area contributed by atoms with Gasteiger partial charge in [-0.15, -0.1) is 0 Å². The van der Waals surface area contributed by atoms with Crippen LogP contribution in [0.4, 0.5) is 16.0 Å². The number of hydrogen-bond donors (Lipinski definition) is 2. The highest BCUT2D eigenvalue weighted by Gasteiger charge is 2.10. The van der Waals surface area contributed by atoms with Crippen LogP contribution in [0.3, 0.4) is 0 Å². The molecule has 0 radical (unpaired) electrons. The topological polar surface area (TPSA) is 80.9 Å². The van der Waals surface area contributed by atoms with E-state index in [9.17, 15) is 8.60 Å². The molecule has 0 saturated carbocycles. The molecule has 0 aliphatic heterocycles. The number of rotatable bonds is 5. The van der Waals surface area contributed by atoms with Crippen LogP contribution in [0, 0.1) is 5.82 Å². The molecule has 1 atom stereocenters. The van der Waals surface area contributed by atoms with Gasteiger partial charge in [-0.3, -0.25) is 5.14 Å². The summed E-state index contributed by atoms with van der Waals surface area (Å²) in [6, 6.07) is 13.8. The van der Waals surface area contributed by atoms with Crippen LogP contribution in [-0.4, -0.2) is 20.0 Å².